The van der Waals surface area contributed by atoms with E-state index in [1.807, 2.05) is 71.1 Å². The van der Waals surface area contributed by atoms with E-state index in [9.17, 15) is 38.7 Å². The van der Waals surface area contributed by atoms with Crippen LogP contribution in [0.3, 0.4) is 0 Å². The summed E-state index contributed by atoms with van der Waals surface area (Å²) >= 11 is 1.42. The molecule has 13 rings (SSSR count). The highest BCUT2D eigenvalue weighted by molar-refractivity contribution is 7.22. The molecular weight excluding hydrogens is 973 g/mol. The maximum Gasteiger partial charge on any atom is 0.355 e. The van der Waals surface area contributed by atoms with Crippen molar-refractivity contribution in [2.75, 3.05) is 35.2 Å². The molecule has 4 bridgehead atoms. The highest BCUT2D eigenvalue weighted by Crippen LogP contribution is 2.66. The van der Waals surface area contributed by atoms with Crippen LogP contribution in [-0.2, 0) is 33.9 Å². The molecule has 5 fully saturated rings. The van der Waals surface area contributed by atoms with Crippen LogP contribution in [0, 0.1) is 29.6 Å². The molecule has 6 amide bonds. The number of anilines is 3. The first-order valence-electron chi connectivity index (χ1n) is 25.9. The van der Waals surface area contributed by atoms with E-state index in [-0.39, 0.29) is 46.9 Å². The molecule has 6 heterocycles. The normalized spacial score (nSPS) is 23.6. The fourth-order valence-electron chi connectivity index (χ4n) is 13.7. The van der Waals surface area contributed by atoms with Crippen LogP contribution in [-0.4, -0.2) is 96.8 Å². The second-order valence-corrected chi connectivity index (χ2v) is 22.6. The van der Waals surface area contributed by atoms with Crippen LogP contribution in [0.25, 0.3) is 21.3 Å². The number of amides is 6. The van der Waals surface area contributed by atoms with E-state index in [0.29, 0.717) is 97.1 Å². The minimum atomic E-state index is -1.15. The van der Waals surface area contributed by atoms with E-state index in [2.05, 4.69) is 26.3 Å². The molecule has 3 unspecified atom stereocenters. The van der Waals surface area contributed by atoms with Gasteiger partial charge in [0.2, 0.25) is 17.7 Å². The van der Waals surface area contributed by atoms with Crippen molar-refractivity contribution in [2.45, 2.75) is 96.7 Å². The lowest BCUT2D eigenvalue weighted by molar-refractivity contribution is -0.159. The smallest absolute Gasteiger partial charge is 0.355 e. The van der Waals surface area contributed by atoms with Crippen LogP contribution in [0.5, 0.6) is 0 Å². The average Bonchev–Trinajstić information content (AvgIpc) is 4.07. The SMILES string of the molecule is Cc1c(-c2ccc(N3CCc4cccc(C(=O)Nc5nc6ccccc6s5)c4C3)nc2C(=O)O)cnn1CC12CC3CC(C1)CC(C(=O)NCCCCNc1cccc4c1C(=O)N(C1CCC(=O)NC1=O)C4=O)(C3)C2. The number of carbonyl (C=O) groups excluding carboxylic acids is 6. The average molecular weight is 1030 g/mol. The number of rotatable bonds is 15. The number of carboxylic acids is 1. The molecule has 6 aromatic rings. The van der Waals surface area contributed by atoms with Crippen molar-refractivity contribution >= 4 is 79.6 Å². The Balaban J connectivity index is 0.681. The van der Waals surface area contributed by atoms with Crippen molar-refractivity contribution < 1.29 is 38.7 Å². The Morgan fingerprint density at radius 1 is 0.853 bits per heavy atom. The van der Waals surface area contributed by atoms with Gasteiger partial charge in [-0.15, -0.1) is 0 Å². The Kier molecular flexibility index (Phi) is 12.1. The number of unbranched alkanes of at least 4 members (excludes halogenated alkanes) is 1. The maximum atomic E-state index is 14.3. The number of carbonyl (C=O) groups is 7. The molecule has 3 atom stereocenters. The van der Waals surface area contributed by atoms with Gasteiger partial charge in [-0.25, -0.2) is 14.8 Å². The van der Waals surface area contributed by atoms with E-state index in [4.69, 9.17) is 10.1 Å². The molecule has 7 aliphatic rings. The number of aromatic nitrogens is 4. The molecular formula is C56H56N10O8S. The van der Waals surface area contributed by atoms with E-state index in [1.54, 1.807) is 24.4 Å². The highest BCUT2D eigenvalue weighted by atomic mass is 32.1. The lowest BCUT2D eigenvalue weighted by Gasteiger charge is -2.61. The van der Waals surface area contributed by atoms with Gasteiger partial charge in [0, 0.05) is 67.2 Å². The summed E-state index contributed by atoms with van der Waals surface area (Å²) in [5, 5.41) is 27.8. The topological polar surface area (TPSA) is 238 Å². The summed E-state index contributed by atoms with van der Waals surface area (Å²) in [4.78, 5) is 104. The molecule has 3 aromatic heterocycles. The first-order chi connectivity index (χ1) is 36.2. The Hall–Kier alpha value is -7.80. The van der Waals surface area contributed by atoms with E-state index in [1.165, 1.54) is 11.3 Å². The molecule has 4 aliphatic carbocycles. The van der Waals surface area contributed by atoms with Crippen molar-refractivity contribution in [1.29, 1.82) is 0 Å². The van der Waals surface area contributed by atoms with Gasteiger partial charge in [-0.1, -0.05) is 41.7 Å². The summed E-state index contributed by atoms with van der Waals surface area (Å²) in [5.41, 5.74) is 5.58. The third-order valence-electron chi connectivity index (χ3n) is 16.7. The minimum absolute atomic E-state index is 0.0484. The number of hydrogen-bond acceptors (Lipinski definition) is 13. The summed E-state index contributed by atoms with van der Waals surface area (Å²) in [6, 6.07) is 21.1. The highest BCUT2D eigenvalue weighted by Gasteiger charge is 2.60. The van der Waals surface area contributed by atoms with Crippen molar-refractivity contribution in [3.63, 3.8) is 0 Å². The maximum absolute atomic E-state index is 14.3. The van der Waals surface area contributed by atoms with Gasteiger partial charge < -0.3 is 20.6 Å². The number of benzene rings is 3. The molecule has 3 aliphatic heterocycles. The molecule has 0 spiro atoms. The van der Waals surface area contributed by atoms with Gasteiger partial charge >= 0.3 is 5.97 Å². The second kappa shape index (κ2) is 18.8. The molecule has 0 radical (unpaired) electrons. The monoisotopic (exact) mass is 1030 g/mol. The molecule has 5 N–H and O–H groups in total. The first-order valence-corrected chi connectivity index (χ1v) is 26.7. The molecule has 4 saturated carbocycles. The summed E-state index contributed by atoms with van der Waals surface area (Å²) in [6.07, 6.45) is 9.56. The first kappa shape index (κ1) is 48.2. The fourth-order valence-corrected chi connectivity index (χ4v) is 14.6. The number of carboxylic acid groups (broad SMARTS) is 1. The lowest BCUT2D eigenvalue weighted by atomic mass is 9.44. The van der Waals surface area contributed by atoms with E-state index >= 15 is 0 Å². The van der Waals surface area contributed by atoms with Gasteiger partial charge in [0.1, 0.15) is 11.9 Å². The van der Waals surface area contributed by atoms with Crippen LogP contribution in [0.4, 0.5) is 16.6 Å². The van der Waals surface area contributed by atoms with Gasteiger partial charge in [-0.05, 0) is 142 Å². The van der Waals surface area contributed by atoms with Crippen LogP contribution in [0.2, 0.25) is 0 Å². The number of pyridine rings is 1. The zero-order valence-electron chi connectivity index (χ0n) is 41.4. The van der Waals surface area contributed by atoms with Crippen LogP contribution >= 0.6 is 11.3 Å². The van der Waals surface area contributed by atoms with Gasteiger partial charge in [-0.2, -0.15) is 5.10 Å². The molecule has 3 aromatic carbocycles. The Bertz CT molecular complexity index is 3350. The number of piperidine rings is 1. The van der Waals surface area contributed by atoms with Crippen molar-refractivity contribution in [2.24, 2.45) is 22.7 Å². The summed E-state index contributed by atoms with van der Waals surface area (Å²) < 4.78 is 2.98. The number of thiazole rings is 1. The number of hydrogen-bond donors (Lipinski definition) is 5. The van der Waals surface area contributed by atoms with Crippen LogP contribution in [0.1, 0.15) is 123 Å². The van der Waals surface area contributed by atoms with Crippen LogP contribution in [0.15, 0.2) is 79.0 Å². The number of imide groups is 2. The number of nitrogens with zero attached hydrogens (tertiary/aromatic N) is 6. The van der Waals surface area contributed by atoms with E-state index < -0.39 is 41.1 Å². The second-order valence-electron chi connectivity index (χ2n) is 21.5. The van der Waals surface area contributed by atoms with Crippen LogP contribution < -0.4 is 26.2 Å². The summed E-state index contributed by atoms with van der Waals surface area (Å²) in [6.45, 7) is 4.57. The molecule has 1 saturated heterocycles. The van der Waals surface area contributed by atoms with E-state index in [0.717, 1.165) is 70.5 Å². The van der Waals surface area contributed by atoms with Gasteiger partial charge in [0.15, 0.2) is 10.8 Å². The zero-order valence-corrected chi connectivity index (χ0v) is 42.3. The molecule has 384 valence electrons. The largest absolute Gasteiger partial charge is 0.476 e. The van der Waals surface area contributed by atoms with Gasteiger partial charge in [-0.3, -0.25) is 49.0 Å². The fraction of sp³-hybridized carbons (Fsp3) is 0.393. The standard InChI is InChI=1S/C56H56N10O8S/c1-31-38(35-14-16-44(61-47(35)52(72)73)64-21-18-34-8-6-9-36(39(34)28-64)48(68)63-54-60-40-11-2-3-13-43(40)75-54)27-59-65(31)30-55-23-32-22-33(24-55)26-56(25-32,29-55)53(74)58-20-5-4-19-57-41-12-7-10-37-46(41)51(71)66(50(37)70)42-15-17-45(67)62-49(42)69/h2-3,6-14,16,27,32-33,42,57H,4-5,15,17-26,28-30H2,1H3,(H,58,74)(H,72,73)(H,60,63,68)(H,62,67,69). The lowest BCUT2D eigenvalue weighted by Crippen LogP contribution is -2.58. The third-order valence-corrected chi connectivity index (χ3v) is 17.6. The number of fused-ring (bicyclic) bond motifs is 3. The number of aromatic carboxylic acids is 1. The predicted molar refractivity (Wildman–Crippen MR) is 279 cm³/mol. The van der Waals surface area contributed by atoms with Crippen molar-refractivity contribution in [1.82, 2.24) is 35.3 Å². The Labute approximate surface area is 435 Å². The number of para-hydroxylation sites is 1. The Morgan fingerprint density at radius 2 is 1.65 bits per heavy atom. The molecule has 75 heavy (non-hydrogen) atoms. The Morgan fingerprint density at radius 3 is 2.45 bits per heavy atom. The molecule has 18 nitrogen and oxygen atoms in total. The third kappa shape index (κ3) is 8.69. The summed E-state index contributed by atoms with van der Waals surface area (Å²) in [7, 11) is 0. The van der Waals surface area contributed by atoms with Gasteiger partial charge in [0.25, 0.3) is 17.7 Å². The quantitative estimate of drug-likeness (QED) is 0.0500. The summed E-state index contributed by atoms with van der Waals surface area (Å²) in [5.74, 6) is -2.11. The van der Waals surface area contributed by atoms with Gasteiger partial charge in [0.05, 0.1) is 33.0 Å². The minimum Gasteiger partial charge on any atom is -0.476 e. The van der Waals surface area contributed by atoms with Crippen molar-refractivity contribution in [3.05, 3.63) is 118 Å². The van der Waals surface area contributed by atoms with Crippen molar-refractivity contribution in [3.8, 4) is 11.1 Å². The molecule has 19 heteroatoms. The number of nitrogens with one attached hydrogen (secondary N) is 4. The zero-order chi connectivity index (χ0) is 51.8. The predicted octanol–water partition coefficient (Wildman–Crippen LogP) is 7.37.